The summed E-state index contributed by atoms with van der Waals surface area (Å²) in [6.45, 7) is 3.57. The highest BCUT2D eigenvalue weighted by atomic mass is 16.7. The Bertz CT molecular complexity index is 441. The van der Waals surface area contributed by atoms with Crippen LogP contribution in [-0.4, -0.2) is 50.1 Å². The van der Waals surface area contributed by atoms with Crippen LogP contribution in [0.1, 0.15) is 20.8 Å². The summed E-state index contributed by atoms with van der Waals surface area (Å²) in [5, 5.41) is 0. The van der Waals surface area contributed by atoms with Crippen molar-refractivity contribution in [1.82, 2.24) is 0 Å². The number of carbonyl (C=O) groups excluding carboxylic acids is 3. The molecule has 1 heterocycles. The van der Waals surface area contributed by atoms with E-state index < -0.39 is 36.4 Å². The number of methoxy groups -OCH3 is 1. The average Bonchev–Trinajstić information content (AvgIpc) is 2.36. The molecule has 0 saturated heterocycles. The fourth-order valence-electron chi connectivity index (χ4n) is 1.71. The van der Waals surface area contributed by atoms with Crippen molar-refractivity contribution in [3.05, 3.63) is 11.8 Å². The van der Waals surface area contributed by atoms with Gasteiger partial charge in [-0.2, -0.15) is 0 Å². The Morgan fingerprint density at radius 3 is 2.29 bits per heavy atom. The van der Waals surface area contributed by atoms with E-state index in [0.29, 0.717) is 0 Å². The molecule has 0 aromatic carbocycles. The van der Waals surface area contributed by atoms with Gasteiger partial charge < -0.3 is 23.7 Å². The summed E-state index contributed by atoms with van der Waals surface area (Å²) in [5.41, 5.74) is 0. The Morgan fingerprint density at radius 1 is 1.14 bits per heavy atom. The fraction of sp³-hybridized carbons (Fsp3) is 0.615. The molecule has 0 aliphatic carbocycles. The highest BCUT2D eigenvalue weighted by Gasteiger charge is 2.36. The number of esters is 3. The van der Waals surface area contributed by atoms with Gasteiger partial charge in [0.25, 0.3) is 0 Å². The molecule has 0 bridgehead atoms. The largest absolute Gasteiger partial charge is 0.463 e. The normalized spacial score (nSPS) is 24.8. The Kier molecular flexibility index (Phi) is 6.32. The lowest BCUT2D eigenvalue weighted by Gasteiger charge is -2.33. The first-order valence-corrected chi connectivity index (χ1v) is 6.22. The standard InChI is InChI=1S/C13H18O8/c1-7(14)18-6-12-10(19-8(2)15)5-11(20-9(3)16)13(17-4)21-12/h5,10,12-13H,6H2,1-4H3. The van der Waals surface area contributed by atoms with E-state index in [9.17, 15) is 14.4 Å². The van der Waals surface area contributed by atoms with Crippen LogP contribution in [0.2, 0.25) is 0 Å². The van der Waals surface area contributed by atoms with Gasteiger partial charge in [-0.05, 0) is 0 Å². The van der Waals surface area contributed by atoms with Crippen molar-refractivity contribution >= 4 is 17.9 Å². The predicted octanol–water partition coefficient (Wildman–Crippen LogP) is 0.299. The van der Waals surface area contributed by atoms with Crippen molar-refractivity contribution in [3.8, 4) is 0 Å². The summed E-state index contributed by atoms with van der Waals surface area (Å²) in [5.74, 6) is -1.53. The molecule has 118 valence electrons. The van der Waals surface area contributed by atoms with Gasteiger partial charge in [-0.3, -0.25) is 14.4 Å². The van der Waals surface area contributed by atoms with E-state index in [2.05, 4.69) is 0 Å². The van der Waals surface area contributed by atoms with Gasteiger partial charge in [-0.1, -0.05) is 0 Å². The molecule has 0 aromatic heterocycles. The molecule has 0 N–H and O–H groups in total. The molecular weight excluding hydrogens is 284 g/mol. The van der Waals surface area contributed by atoms with Gasteiger partial charge in [0, 0.05) is 34.0 Å². The lowest BCUT2D eigenvalue weighted by atomic mass is 10.1. The van der Waals surface area contributed by atoms with E-state index in [1.165, 1.54) is 34.0 Å². The fourth-order valence-corrected chi connectivity index (χ4v) is 1.71. The SMILES string of the molecule is COC1OC(COC(C)=O)C(OC(C)=O)C=C1OC(C)=O. The third kappa shape index (κ3) is 5.52. The van der Waals surface area contributed by atoms with Gasteiger partial charge >= 0.3 is 17.9 Å². The highest BCUT2D eigenvalue weighted by Crippen LogP contribution is 2.24. The molecule has 1 aliphatic rings. The average molecular weight is 302 g/mol. The molecule has 21 heavy (non-hydrogen) atoms. The van der Waals surface area contributed by atoms with Crippen LogP contribution in [0.25, 0.3) is 0 Å². The van der Waals surface area contributed by atoms with Crippen molar-refractivity contribution < 1.29 is 38.1 Å². The highest BCUT2D eigenvalue weighted by molar-refractivity contribution is 5.68. The summed E-state index contributed by atoms with van der Waals surface area (Å²) < 4.78 is 25.4. The molecule has 8 heteroatoms. The van der Waals surface area contributed by atoms with Gasteiger partial charge in [0.05, 0.1) is 0 Å². The zero-order valence-electron chi connectivity index (χ0n) is 12.3. The van der Waals surface area contributed by atoms with Gasteiger partial charge in [-0.25, -0.2) is 0 Å². The van der Waals surface area contributed by atoms with E-state index in [-0.39, 0.29) is 12.4 Å². The second-order valence-corrected chi connectivity index (χ2v) is 4.28. The van der Waals surface area contributed by atoms with Gasteiger partial charge in [0.2, 0.25) is 6.29 Å². The maximum atomic E-state index is 11.1. The van der Waals surface area contributed by atoms with Gasteiger partial charge in [-0.15, -0.1) is 0 Å². The van der Waals surface area contributed by atoms with Crippen LogP contribution in [-0.2, 0) is 38.1 Å². The van der Waals surface area contributed by atoms with Crippen molar-refractivity contribution in [2.75, 3.05) is 13.7 Å². The minimum absolute atomic E-state index is 0.0790. The molecule has 0 spiro atoms. The zero-order valence-corrected chi connectivity index (χ0v) is 12.3. The molecule has 1 aliphatic heterocycles. The first-order valence-electron chi connectivity index (χ1n) is 6.22. The van der Waals surface area contributed by atoms with E-state index in [4.69, 9.17) is 23.7 Å². The van der Waals surface area contributed by atoms with Crippen molar-refractivity contribution in [3.63, 3.8) is 0 Å². The maximum Gasteiger partial charge on any atom is 0.307 e. The molecule has 0 amide bonds. The Labute approximate surface area is 121 Å². The van der Waals surface area contributed by atoms with Crippen molar-refractivity contribution in [1.29, 1.82) is 0 Å². The quantitative estimate of drug-likeness (QED) is 0.528. The second kappa shape index (κ2) is 7.75. The molecule has 3 atom stereocenters. The third-order valence-electron chi connectivity index (χ3n) is 2.45. The number of carbonyl (C=O) groups is 3. The minimum atomic E-state index is -0.957. The topological polar surface area (TPSA) is 97.4 Å². The second-order valence-electron chi connectivity index (χ2n) is 4.28. The van der Waals surface area contributed by atoms with E-state index in [1.54, 1.807) is 0 Å². The summed E-state index contributed by atoms with van der Waals surface area (Å²) in [4.78, 5) is 33.0. The van der Waals surface area contributed by atoms with E-state index in [1.807, 2.05) is 0 Å². The summed E-state index contributed by atoms with van der Waals surface area (Å²) in [6.07, 6.45) is -1.18. The minimum Gasteiger partial charge on any atom is -0.463 e. The lowest BCUT2D eigenvalue weighted by Crippen LogP contribution is -2.44. The lowest BCUT2D eigenvalue weighted by molar-refractivity contribution is -0.207. The summed E-state index contributed by atoms with van der Waals surface area (Å²) in [7, 11) is 1.36. The van der Waals surface area contributed by atoms with Gasteiger partial charge in [0.15, 0.2) is 11.9 Å². The Morgan fingerprint density at radius 2 is 1.81 bits per heavy atom. The Hall–Kier alpha value is -1.93. The first-order chi connectivity index (χ1) is 9.83. The summed E-state index contributed by atoms with van der Waals surface area (Å²) in [6, 6.07) is 0. The smallest absolute Gasteiger partial charge is 0.307 e. The molecule has 8 nitrogen and oxygen atoms in total. The third-order valence-corrected chi connectivity index (χ3v) is 2.45. The number of ether oxygens (including phenoxy) is 5. The van der Waals surface area contributed by atoms with Crippen LogP contribution in [0.4, 0.5) is 0 Å². The van der Waals surface area contributed by atoms with Crippen LogP contribution in [0.15, 0.2) is 11.8 Å². The molecule has 3 unspecified atom stereocenters. The van der Waals surface area contributed by atoms with Crippen LogP contribution < -0.4 is 0 Å². The molecule has 0 saturated carbocycles. The first kappa shape index (κ1) is 17.1. The predicted molar refractivity (Wildman–Crippen MR) is 67.7 cm³/mol. The molecule has 0 fully saturated rings. The van der Waals surface area contributed by atoms with Crippen molar-refractivity contribution in [2.24, 2.45) is 0 Å². The van der Waals surface area contributed by atoms with Crippen LogP contribution in [0, 0.1) is 0 Å². The molecule has 0 aromatic rings. The van der Waals surface area contributed by atoms with Crippen LogP contribution in [0.3, 0.4) is 0 Å². The molecule has 0 radical (unpaired) electrons. The number of rotatable bonds is 5. The summed E-state index contributed by atoms with van der Waals surface area (Å²) >= 11 is 0. The zero-order chi connectivity index (χ0) is 16.0. The van der Waals surface area contributed by atoms with Crippen LogP contribution in [0.5, 0.6) is 0 Å². The monoisotopic (exact) mass is 302 g/mol. The van der Waals surface area contributed by atoms with Gasteiger partial charge in [0.1, 0.15) is 12.7 Å². The van der Waals surface area contributed by atoms with E-state index in [0.717, 1.165) is 0 Å². The van der Waals surface area contributed by atoms with E-state index >= 15 is 0 Å². The van der Waals surface area contributed by atoms with Crippen molar-refractivity contribution in [2.45, 2.75) is 39.3 Å². The molecular formula is C13H18O8. The number of hydrogen-bond donors (Lipinski definition) is 0. The number of hydrogen-bond acceptors (Lipinski definition) is 8. The Balaban J connectivity index is 2.92. The van der Waals surface area contributed by atoms with Crippen LogP contribution >= 0.6 is 0 Å². The maximum absolute atomic E-state index is 11.1. The molecule has 1 rings (SSSR count).